The first-order valence-electron chi connectivity index (χ1n) is 7.53. The van der Waals surface area contributed by atoms with Crippen molar-refractivity contribution in [3.05, 3.63) is 46.7 Å². The van der Waals surface area contributed by atoms with Crippen LogP contribution in [0.5, 0.6) is 28.7 Å². The van der Waals surface area contributed by atoms with E-state index in [1.165, 1.54) is 12.1 Å². The molecule has 0 bridgehead atoms. The zero-order valence-electron chi connectivity index (χ0n) is 13.2. The third-order valence-electron chi connectivity index (χ3n) is 4.26. The molecule has 2 aromatic rings. The zero-order chi connectivity index (χ0) is 18.5. The van der Waals surface area contributed by atoms with Crippen molar-refractivity contribution in [2.45, 2.75) is 19.3 Å². The first-order chi connectivity index (χ1) is 11.8. The molecular formula is C18H16O7. The van der Waals surface area contributed by atoms with Crippen LogP contribution in [0.15, 0.2) is 30.0 Å². The van der Waals surface area contributed by atoms with E-state index < -0.39 is 34.7 Å². The Bertz CT molecular complexity index is 881. The number of hydrogen-bond donors (Lipinski definition) is 6. The number of aryl methyl sites for hydroxylation is 1. The number of carbonyl (C=O) groups is 1. The topological polar surface area (TPSA) is 138 Å². The molecular weight excluding hydrogens is 328 g/mol. The first-order valence-corrected chi connectivity index (χ1v) is 7.53. The van der Waals surface area contributed by atoms with E-state index in [1.807, 2.05) is 6.92 Å². The summed E-state index contributed by atoms with van der Waals surface area (Å²) in [5.74, 6) is -4.78. The zero-order valence-corrected chi connectivity index (χ0v) is 13.2. The van der Waals surface area contributed by atoms with Crippen LogP contribution in [0, 0.1) is 0 Å². The van der Waals surface area contributed by atoms with Gasteiger partial charge in [0.2, 0.25) is 0 Å². The highest BCUT2D eigenvalue weighted by Crippen LogP contribution is 2.52. The molecule has 0 amide bonds. The van der Waals surface area contributed by atoms with Gasteiger partial charge in [-0.1, -0.05) is 6.92 Å². The van der Waals surface area contributed by atoms with E-state index in [-0.39, 0.29) is 28.2 Å². The van der Waals surface area contributed by atoms with Gasteiger partial charge in [-0.2, -0.15) is 0 Å². The number of aromatic hydroxyl groups is 5. The molecule has 0 heterocycles. The van der Waals surface area contributed by atoms with Crippen molar-refractivity contribution < 1.29 is 35.4 Å². The van der Waals surface area contributed by atoms with Gasteiger partial charge in [-0.3, -0.25) is 4.79 Å². The number of rotatable bonds is 3. The maximum atomic E-state index is 12.5. The molecule has 1 aliphatic rings. The second-order valence-corrected chi connectivity index (χ2v) is 5.82. The predicted molar refractivity (Wildman–Crippen MR) is 87.9 cm³/mol. The van der Waals surface area contributed by atoms with E-state index in [1.54, 1.807) is 0 Å². The first kappa shape index (κ1) is 16.5. The molecule has 0 aromatic heterocycles. The molecule has 0 spiro atoms. The van der Waals surface area contributed by atoms with E-state index in [2.05, 4.69) is 0 Å². The van der Waals surface area contributed by atoms with Crippen LogP contribution < -0.4 is 0 Å². The number of aliphatic hydroxyl groups excluding tert-OH is 1. The lowest BCUT2D eigenvalue weighted by Gasteiger charge is -2.30. The Morgan fingerprint density at radius 3 is 1.80 bits per heavy atom. The summed E-state index contributed by atoms with van der Waals surface area (Å²) in [4.78, 5) is 12.5. The number of hydrogen-bond acceptors (Lipinski definition) is 7. The summed E-state index contributed by atoms with van der Waals surface area (Å²) < 4.78 is 0. The number of carbonyl (C=O) groups excluding carboxylic acids is 1. The fraction of sp³-hybridized carbons (Fsp3) is 0.167. The van der Waals surface area contributed by atoms with Crippen LogP contribution in [0.25, 0.3) is 5.57 Å². The van der Waals surface area contributed by atoms with E-state index in [4.69, 9.17) is 0 Å². The monoisotopic (exact) mass is 344 g/mol. The summed E-state index contributed by atoms with van der Waals surface area (Å²) in [6.07, 6.45) is 0.554. The molecule has 6 N–H and O–H groups in total. The summed E-state index contributed by atoms with van der Waals surface area (Å²) in [7, 11) is 0. The van der Waals surface area contributed by atoms with Crippen LogP contribution in [-0.4, -0.2) is 36.4 Å². The SMILES string of the molecule is CCc1cc(O)c(C2=C(O)C(c3c(O)cc(O)cc3O)C2=O)c(O)c1. The lowest BCUT2D eigenvalue weighted by atomic mass is 9.74. The van der Waals surface area contributed by atoms with Crippen LogP contribution in [-0.2, 0) is 11.2 Å². The average molecular weight is 344 g/mol. The van der Waals surface area contributed by atoms with Gasteiger partial charge in [-0.15, -0.1) is 0 Å². The fourth-order valence-corrected chi connectivity index (χ4v) is 3.01. The van der Waals surface area contributed by atoms with Crippen LogP contribution >= 0.6 is 0 Å². The molecule has 1 unspecified atom stereocenters. The molecule has 0 saturated heterocycles. The Morgan fingerprint density at radius 2 is 1.36 bits per heavy atom. The van der Waals surface area contributed by atoms with Crippen molar-refractivity contribution in [1.29, 1.82) is 0 Å². The third kappa shape index (κ3) is 2.40. The maximum absolute atomic E-state index is 12.5. The van der Waals surface area contributed by atoms with Gasteiger partial charge in [-0.05, 0) is 24.1 Å². The highest BCUT2D eigenvalue weighted by molar-refractivity contribution is 6.33. The van der Waals surface area contributed by atoms with E-state index >= 15 is 0 Å². The quantitative estimate of drug-likeness (QED) is 0.502. The highest BCUT2D eigenvalue weighted by atomic mass is 16.3. The lowest BCUT2D eigenvalue weighted by molar-refractivity contribution is -0.116. The van der Waals surface area contributed by atoms with Crippen molar-refractivity contribution in [2.24, 2.45) is 0 Å². The van der Waals surface area contributed by atoms with Gasteiger partial charge in [0.1, 0.15) is 40.4 Å². The van der Waals surface area contributed by atoms with Crippen LogP contribution in [0.1, 0.15) is 29.5 Å². The van der Waals surface area contributed by atoms with Gasteiger partial charge in [0, 0.05) is 12.1 Å². The van der Waals surface area contributed by atoms with Crippen molar-refractivity contribution in [3.63, 3.8) is 0 Å². The van der Waals surface area contributed by atoms with Crippen molar-refractivity contribution in [1.82, 2.24) is 0 Å². The second kappa shape index (κ2) is 5.62. The van der Waals surface area contributed by atoms with E-state index in [0.29, 0.717) is 12.0 Å². The van der Waals surface area contributed by atoms with E-state index in [9.17, 15) is 35.4 Å². The minimum Gasteiger partial charge on any atom is -0.510 e. The summed E-state index contributed by atoms with van der Waals surface area (Å²) in [6, 6.07) is 4.62. The molecule has 130 valence electrons. The fourth-order valence-electron chi connectivity index (χ4n) is 3.01. The molecule has 1 aliphatic carbocycles. The number of Topliss-reactive ketones (excluding diaryl/α,β-unsaturated/α-hetero) is 1. The number of allylic oxidation sites excluding steroid dienone is 2. The molecule has 1 atom stereocenters. The summed E-state index contributed by atoms with van der Waals surface area (Å²) in [6.45, 7) is 1.82. The van der Waals surface area contributed by atoms with Gasteiger partial charge >= 0.3 is 0 Å². The van der Waals surface area contributed by atoms with Crippen LogP contribution in [0.4, 0.5) is 0 Å². The van der Waals surface area contributed by atoms with Crippen molar-refractivity contribution >= 4 is 11.4 Å². The van der Waals surface area contributed by atoms with Crippen molar-refractivity contribution in [2.75, 3.05) is 0 Å². The van der Waals surface area contributed by atoms with Gasteiger partial charge in [-0.25, -0.2) is 0 Å². The third-order valence-corrected chi connectivity index (χ3v) is 4.26. The molecule has 2 aromatic carbocycles. The van der Waals surface area contributed by atoms with Crippen LogP contribution in [0.3, 0.4) is 0 Å². The molecule has 25 heavy (non-hydrogen) atoms. The lowest BCUT2D eigenvalue weighted by Crippen LogP contribution is -2.28. The summed E-state index contributed by atoms with van der Waals surface area (Å²) in [5, 5.41) is 59.5. The highest BCUT2D eigenvalue weighted by Gasteiger charge is 2.45. The van der Waals surface area contributed by atoms with Crippen molar-refractivity contribution in [3.8, 4) is 28.7 Å². The van der Waals surface area contributed by atoms with Gasteiger partial charge < -0.3 is 30.6 Å². The normalized spacial score (nSPS) is 16.8. The Morgan fingerprint density at radius 1 is 0.840 bits per heavy atom. The molecule has 0 fully saturated rings. The Labute approximate surface area is 142 Å². The maximum Gasteiger partial charge on any atom is 0.182 e. The van der Waals surface area contributed by atoms with Gasteiger partial charge in [0.25, 0.3) is 0 Å². The standard InChI is InChI=1S/C18H16O7/c1-2-7-3-9(20)13(10(21)4-7)15-17(24)16(18(15)25)14-11(22)5-8(19)6-12(14)23/h3-6,16,19-24H,2H2,1H3. The Balaban J connectivity index is 2.13. The molecule has 0 radical (unpaired) electrons. The minimum absolute atomic E-state index is 0.200. The van der Waals surface area contributed by atoms with Crippen LogP contribution in [0.2, 0.25) is 0 Å². The molecule has 3 rings (SSSR count). The average Bonchev–Trinajstić information content (AvgIpc) is 2.53. The largest absolute Gasteiger partial charge is 0.510 e. The van der Waals surface area contributed by atoms with E-state index in [0.717, 1.165) is 12.1 Å². The Hall–Kier alpha value is -3.35. The number of aliphatic hydroxyl groups is 1. The molecule has 7 heteroatoms. The smallest absolute Gasteiger partial charge is 0.182 e. The minimum atomic E-state index is -1.35. The van der Waals surface area contributed by atoms with Gasteiger partial charge in [0.05, 0.1) is 16.7 Å². The number of phenols is 5. The number of phenolic OH excluding ortho intramolecular Hbond substituents is 5. The Kier molecular flexibility index (Phi) is 3.71. The summed E-state index contributed by atoms with van der Waals surface area (Å²) >= 11 is 0. The second-order valence-electron chi connectivity index (χ2n) is 5.82. The molecule has 0 aliphatic heterocycles. The van der Waals surface area contributed by atoms with Gasteiger partial charge in [0.15, 0.2) is 5.78 Å². The number of ketones is 1. The number of benzene rings is 2. The molecule has 7 nitrogen and oxygen atoms in total. The summed E-state index contributed by atoms with van der Waals surface area (Å²) in [5.41, 5.74) is -0.0903. The predicted octanol–water partition coefficient (Wildman–Crippen LogP) is 2.41. The molecule has 0 saturated carbocycles.